The Labute approximate surface area is 137 Å². The molecular formula is C13H25Cl2N3OS. The predicted octanol–water partition coefficient (Wildman–Crippen LogP) is 3.25. The number of carbonyl (C=O) groups excluding carboxylic acids is 1. The molecule has 0 fully saturated rings. The number of halogens is 2. The third kappa shape index (κ3) is 8.04. The van der Waals surface area contributed by atoms with Crippen LogP contribution in [0.2, 0.25) is 0 Å². The van der Waals surface area contributed by atoms with Crippen LogP contribution in [0.5, 0.6) is 0 Å². The van der Waals surface area contributed by atoms with E-state index in [0.29, 0.717) is 6.42 Å². The van der Waals surface area contributed by atoms with Gasteiger partial charge < -0.3 is 11.1 Å². The third-order valence-electron chi connectivity index (χ3n) is 2.78. The van der Waals surface area contributed by atoms with E-state index in [1.165, 1.54) is 0 Å². The molecule has 0 unspecified atom stereocenters. The predicted molar refractivity (Wildman–Crippen MR) is 89.9 cm³/mol. The molecule has 0 radical (unpaired) electrons. The Morgan fingerprint density at radius 2 is 1.95 bits per heavy atom. The second kappa shape index (κ2) is 11.3. The number of hydrogen-bond acceptors (Lipinski definition) is 4. The standard InChI is InChI=1S/C13H23N3OS.2ClH/c1-13(2,12-15-9-10-18-12)16-11(17)7-5-3-4-6-8-14;;/h9-10H,3-8,14H2,1-2H3,(H,16,17);2*1H. The molecule has 1 aromatic rings. The van der Waals surface area contributed by atoms with Gasteiger partial charge in [-0.25, -0.2) is 4.98 Å². The van der Waals surface area contributed by atoms with Crippen LogP contribution in [0.1, 0.15) is 51.0 Å². The van der Waals surface area contributed by atoms with Gasteiger partial charge in [-0.05, 0) is 33.2 Å². The van der Waals surface area contributed by atoms with Crippen molar-refractivity contribution in [2.24, 2.45) is 5.73 Å². The quantitative estimate of drug-likeness (QED) is 0.713. The van der Waals surface area contributed by atoms with Gasteiger partial charge >= 0.3 is 0 Å². The van der Waals surface area contributed by atoms with Crippen LogP contribution in [0.15, 0.2) is 11.6 Å². The van der Waals surface area contributed by atoms with Crippen molar-refractivity contribution in [3.63, 3.8) is 0 Å². The first-order valence-electron chi connectivity index (χ1n) is 6.47. The van der Waals surface area contributed by atoms with Gasteiger partial charge in [0, 0.05) is 18.0 Å². The van der Waals surface area contributed by atoms with Crippen molar-refractivity contribution in [3.8, 4) is 0 Å². The fourth-order valence-electron chi connectivity index (χ4n) is 1.78. The Bertz CT molecular complexity index is 359. The minimum absolute atomic E-state index is 0. The molecule has 0 aliphatic rings. The van der Waals surface area contributed by atoms with E-state index in [4.69, 9.17) is 5.73 Å². The summed E-state index contributed by atoms with van der Waals surface area (Å²) in [5, 5.41) is 5.90. The zero-order chi connectivity index (χ0) is 13.4. The minimum atomic E-state index is -0.373. The van der Waals surface area contributed by atoms with E-state index in [1.54, 1.807) is 17.5 Å². The van der Waals surface area contributed by atoms with E-state index in [2.05, 4.69) is 10.3 Å². The molecule has 0 saturated heterocycles. The number of nitrogens with two attached hydrogens (primary N) is 1. The lowest BCUT2D eigenvalue weighted by Crippen LogP contribution is -2.40. The van der Waals surface area contributed by atoms with Crippen molar-refractivity contribution in [2.45, 2.75) is 51.5 Å². The lowest BCUT2D eigenvalue weighted by molar-refractivity contribution is -0.122. The van der Waals surface area contributed by atoms with Crippen molar-refractivity contribution in [2.75, 3.05) is 6.54 Å². The molecule has 3 N–H and O–H groups in total. The van der Waals surface area contributed by atoms with Gasteiger partial charge in [-0.15, -0.1) is 36.2 Å². The van der Waals surface area contributed by atoms with Gasteiger partial charge in [0.1, 0.15) is 5.01 Å². The molecule has 0 aliphatic heterocycles. The number of nitrogens with one attached hydrogen (secondary N) is 1. The number of carbonyl (C=O) groups is 1. The lowest BCUT2D eigenvalue weighted by Gasteiger charge is -2.23. The van der Waals surface area contributed by atoms with E-state index < -0.39 is 0 Å². The number of nitrogens with zero attached hydrogens (tertiary/aromatic N) is 1. The highest BCUT2D eigenvalue weighted by atomic mass is 35.5. The molecule has 0 bridgehead atoms. The number of thiazole rings is 1. The van der Waals surface area contributed by atoms with E-state index in [-0.39, 0.29) is 36.3 Å². The molecule has 0 spiro atoms. The Morgan fingerprint density at radius 1 is 1.30 bits per heavy atom. The van der Waals surface area contributed by atoms with Gasteiger partial charge in [-0.1, -0.05) is 12.8 Å². The van der Waals surface area contributed by atoms with Crippen LogP contribution in [0, 0.1) is 0 Å². The van der Waals surface area contributed by atoms with Gasteiger partial charge in [0.25, 0.3) is 0 Å². The number of unbranched alkanes of at least 4 members (excludes halogenated alkanes) is 3. The minimum Gasteiger partial charge on any atom is -0.345 e. The average molecular weight is 342 g/mol. The summed E-state index contributed by atoms with van der Waals surface area (Å²) in [5.74, 6) is 0.1000. The zero-order valence-electron chi connectivity index (χ0n) is 12.1. The smallest absolute Gasteiger partial charge is 0.220 e. The fourth-order valence-corrected chi connectivity index (χ4v) is 2.50. The topological polar surface area (TPSA) is 68.0 Å². The van der Waals surface area contributed by atoms with Crippen LogP contribution in [-0.4, -0.2) is 17.4 Å². The number of rotatable bonds is 8. The summed E-state index contributed by atoms with van der Waals surface area (Å²) in [7, 11) is 0. The van der Waals surface area contributed by atoms with Crippen LogP contribution in [0.25, 0.3) is 0 Å². The monoisotopic (exact) mass is 341 g/mol. The van der Waals surface area contributed by atoms with Crippen molar-refractivity contribution in [3.05, 3.63) is 16.6 Å². The lowest BCUT2D eigenvalue weighted by atomic mass is 10.1. The normalized spacial score (nSPS) is 10.3. The average Bonchev–Trinajstić information content (AvgIpc) is 2.82. The largest absolute Gasteiger partial charge is 0.345 e. The molecule has 1 amide bonds. The molecule has 0 atom stereocenters. The highest BCUT2D eigenvalue weighted by molar-refractivity contribution is 7.09. The van der Waals surface area contributed by atoms with Crippen molar-refractivity contribution in [1.29, 1.82) is 0 Å². The van der Waals surface area contributed by atoms with Gasteiger partial charge in [0.05, 0.1) is 5.54 Å². The van der Waals surface area contributed by atoms with Crippen LogP contribution in [-0.2, 0) is 10.3 Å². The summed E-state index contributed by atoms with van der Waals surface area (Å²) >= 11 is 1.57. The summed E-state index contributed by atoms with van der Waals surface area (Å²) < 4.78 is 0. The first-order valence-corrected chi connectivity index (χ1v) is 7.35. The first kappa shape index (κ1) is 21.9. The molecule has 0 aromatic carbocycles. The Morgan fingerprint density at radius 3 is 2.50 bits per heavy atom. The van der Waals surface area contributed by atoms with Crippen molar-refractivity contribution in [1.82, 2.24) is 10.3 Å². The first-order chi connectivity index (χ1) is 8.56. The van der Waals surface area contributed by atoms with Gasteiger partial charge in [0.2, 0.25) is 5.91 Å². The molecule has 4 nitrogen and oxygen atoms in total. The maximum Gasteiger partial charge on any atom is 0.220 e. The van der Waals surface area contributed by atoms with E-state index in [1.807, 2.05) is 19.2 Å². The molecular weight excluding hydrogens is 317 g/mol. The van der Waals surface area contributed by atoms with Crippen molar-refractivity contribution >= 4 is 42.1 Å². The maximum atomic E-state index is 11.8. The molecule has 20 heavy (non-hydrogen) atoms. The molecule has 7 heteroatoms. The van der Waals surface area contributed by atoms with Crippen LogP contribution < -0.4 is 11.1 Å². The van der Waals surface area contributed by atoms with Crippen LogP contribution in [0.4, 0.5) is 0 Å². The third-order valence-corrected chi connectivity index (χ3v) is 3.87. The number of amides is 1. The molecule has 1 aromatic heterocycles. The Kier molecular flexibility index (Phi) is 12.4. The molecule has 118 valence electrons. The highest BCUT2D eigenvalue weighted by Gasteiger charge is 2.24. The number of aromatic nitrogens is 1. The van der Waals surface area contributed by atoms with Gasteiger partial charge in [0.15, 0.2) is 0 Å². The van der Waals surface area contributed by atoms with E-state index in [0.717, 1.165) is 37.2 Å². The second-order valence-corrected chi connectivity index (χ2v) is 5.86. The second-order valence-electron chi connectivity index (χ2n) is 4.96. The van der Waals surface area contributed by atoms with Crippen LogP contribution in [0.3, 0.4) is 0 Å². The van der Waals surface area contributed by atoms with Gasteiger partial charge in [-0.2, -0.15) is 0 Å². The summed E-state index contributed by atoms with van der Waals surface area (Å²) in [6, 6.07) is 0. The SMILES string of the molecule is CC(C)(NC(=O)CCCCCCN)c1nccs1.Cl.Cl. The zero-order valence-corrected chi connectivity index (χ0v) is 14.5. The van der Waals surface area contributed by atoms with E-state index in [9.17, 15) is 4.79 Å². The van der Waals surface area contributed by atoms with E-state index >= 15 is 0 Å². The number of hydrogen-bond donors (Lipinski definition) is 2. The molecule has 0 saturated carbocycles. The molecule has 1 rings (SSSR count). The van der Waals surface area contributed by atoms with Gasteiger partial charge in [-0.3, -0.25) is 4.79 Å². The summed E-state index contributed by atoms with van der Waals surface area (Å²) in [4.78, 5) is 16.1. The Hall–Kier alpha value is -0.360. The molecule has 0 aliphatic carbocycles. The Balaban J connectivity index is 0. The maximum absolute atomic E-state index is 11.8. The fraction of sp³-hybridized carbons (Fsp3) is 0.692. The summed E-state index contributed by atoms with van der Waals surface area (Å²) in [5.41, 5.74) is 5.05. The summed E-state index contributed by atoms with van der Waals surface area (Å²) in [6.07, 6.45) is 6.51. The highest BCUT2D eigenvalue weighted by Crippen LogP contribution is 2.22. The van der Waals surface area contributed by atoms with Crippen LogP contribution >= 0.6 is 36.2 Å². The van der Waals surface area contributed by atoms with Crippen molar-refractivity contribution < 1.29 is 4.79 Å². The molecule has 1 heterocycles. The summed E-state index contributed by atoms with van der Waals surface area (Å²) in [6.45, 7) is 4.71.